The van der Waals surface area contributed by atoms with Crippen LogP contribution in [0.15, 0.2) is 24.3 Å². The van der Waals surface area contributed by atoms with Crippen molar-refractivity contribution in [2.45, 2.75) is 50.7 Å². The molecule has 2 N–H and O–H groups in total. The van der Waals surface area contributed by atoms with Crippen molar-refractivity contribution in [1.82, 2.24) is 0 Å². The van der Waals surface area contributed by atoms with E-state index in [1.807, 2.05) is 12.1 Å². The summed E-state index contributed by atoms with van der Waals surface area (Å²) in [5.41, 5.74) is 8.79. The average molecular weight is 265 g/mol. The molecule has 3 atom stereocenters. The molecule has 0 aliphatic heterocycles. The Bertz CT molecular complexity index is 456. The third kappa shape index (κ3) is 2.67. The summed E-state index contributed by atoms with van der Waals surface area (Å²) < 4.78 is 12.5. The highest BCUT2D eigenvalue weighted by Gasteiger charge is 2.42. The average Bonchev–Trinajstić information content (AvgIpc) is 2.58. The van der Waals surface area contributed by atoms with E-state index in [1.54, 1.807) is 0 Å². The van der Waals surface area contributed by atoms with Crippen molar-refractivity contribution >= 4 is 10.8 Å². The molecule has 18 heavy (non-hydrogen) atoms. The van der Waals surface area contributed by atoms with Crippen LogP contribution in [0.3, 0.4) is 0 Å². The normalized spacial score (nSPS) is 28.2. The second-order valence-electron chi connectivity index (χ2n) is 6.04. The van der Waals surface area contributed by atoms with Gasteiger partial charge in [0.05, 0.1) is 5.25 Å². The first-order chi connectivity index (χ1) is 8.42. The molecule has 3 unspecified atom stereocenters. The lowest BCUT2D eigenvalue weighted by molar-refractivity contribution is 0.333. The lowest BCUT2D eigenvalue weighted by atomic mass is 9.88. The Kier molecular flexibility index (Phi) is 3.93. The van der Waals surface area contributed by atoms with E-state index in [9.17, 15) is 4.21 Å². The zero-order valence-corrected chi connectivity index (χ0v) is 12.3. The maximum Gasteiger partial charge on any atom is 0.0507 e. The molecule has 0 radical (unpaired) electrons. The van der Waals surface area contributed by atoms with Crippen LogP contribution in [0, 0.1) is 12.3 Å². The maximum atomic E-state index is 12.5. The Balaban J connectivity index is 2.08. The summed E-state index contributed by atoms with van der Waals surface area (Å²) in [7, 11) is -0.858. The van der Waals surface area contributed by atoms with Gasteiger partial charge in [-0.1, -0.05) is 38.1 Å². The third-order valence-corrected chi connectivity index (χ3v) is 6.07. The SMILES string of the molecule is Cc1ccccc1CS(=O)C1CCC(C)(C)C1N. The van der Waals surface area contributed by atoms with Crippen molar-refractivity contribution in [2.75, 3.05) is 0 Å². The quantitative estimate of drug-likeness (QED) is 0.913. The number of rotatable bonds is 3. The van der Waals surface area contributed by atoms with Crippen LogP contribution in [0.4, 0.5) is 0 Å². The van der Waals surface area contributed by atoms with Crippen LogP contribution in [0.5, 0.6) is 0 Å². The van der Waals surface area contributed by atoms with Gasteiger partial charge in [-0.3, -0.25) is 4.21 Å². The van der Waals surface area contributed by atoms with Gasteiger partial charge in [0.25, 0.3) is 0 Å². The molecule has 0 aromatic heterocycles. The van der Waals surface area contributed by atoms with E-state index in [0.717, 1.165) is 12.8 Å². The highest BCUT2D eigenvalue weighted by atomic mass is 32.2. The predicted octanol–water partition coefficient (Wildman–Crippen LogP) is 2.76. The molecule has 1 aromatic carbocycles. The summed E-state index contributed by atoms with van der Waals surface area (Å²) in [4.78, 5) is 0. The van der Waals surface area contributed by atoms with E-state index in [2.05, 4.69) is 32.9 Å². The topological polar surface area (TPSA) is 43.1 Å². The first kappa shape index (κ1) is 13.8. The zero-order valence-electron chi connectivity index (χ0n) is 11.5. The van der Waals surface area contributed by atoms with Crippen LogP contribution >= 0.6 is 0 Å². The van der Waals surface area contributed by atoms with Crippen molar-refractivity contribution in [2.24, 2.45) is 11.1 Å². The van der Waals surface area contributed by atoms with Crippen LogP contribution in [-0.4, -0.2) is 15.5 Å². The van der Waals surface area contributed by atoms with Crippen LogP contribution in [0.25, 0.3) is 0 Å². The summed E-state index contributed by atoms with van der Waals surface area (Å²) in [5, 5.41) is 0.152. The van der Waals surface area contributed by atoms with Crippen LogP contribution in [0.1, 0.15) is 37.8 Å². The number of hydrogen-bond acceptors (Lipinski definition) is 2. The molecule has 1 aliphatic carbocycles. The molecule has 1 saturated carbocycles. The standard InChI is InChI=1S/C15H23NOS/c1-11-6-4-5-7-12(11)10-18(17)13-8-9-15(2,3)14(13)16/h4-7,13-14H,8-10,16H2,1-3H3. The van der Waals surface area contributed by atoms with Crippen molar-refractivity contribution < 1.29 is 4.21 Å². The highest BCUT2D eigenvalue weighted by molar-refractivity contribution is 7.84. The lowest BCUT2D eigenvalue weighted by Gasteiger charge is -2.26. The Morgan fingerprint density at radius 1 is 1.39 bits per heavy atom. The Hall–Kier alpha value is -0.670. The van der Waals surface area contributed by atoms with Gasteiger partial charge in [-0.25, -0.2) is 0 Å². The largest absolute Gasteiger partial charge is 0.326 e. The Labute approximate surface area is 112 Å². The first-order valence-corrected chi connectivity index (χ1v) is 7.97. The summed E-state index contributed by atoms with van der Waals surface area (Å²) in [6.45, 7) is 6.44. The smallest absolute Gasteiger partial charge is 0.0507 e. The van der Waals surface area contributed by atoms with E-state index in [1.165, 1.54) is 11.1 Å². The highest BCUT2D eigenvalue weighted by Crippen LogP contribution is 2.39. The predicted molar refractivity (Wildman–Crippen MR) is 77.8 cm³/mol. The molecule has 100 valence electrons. The minimum Gasteiger partial charge on any atom is -0.326 e. The minimum absolute atomic E-state index is 0.0577. The lowest BCUT2D eigenvalue weighted by Crippen LogP contribution is -2.42. The van der Waals surface area contributed by atoms with Crippen molar-refractivity contribution in [3.8, 4) is 0 Å². The second-order valence-corrected chi connectivity index (χ2v) is 7.70. The van der Waals surface area contributed by atoms with Gasteiger partial charge in [-0.2, -0.15) is 0 Å². The molecule has 0 amide bonds. The Morgan fingerprint density at radius 3 is 2.61 bits per heavy atom. The molecule has 0 heterocycles. The first-order valence-electron chi connectivity index (χ1n) is 6.59. The number of benzene rings is 1. The van der Waals surface area contributed by atoms with E-state index < -0.39 is 10.8 Å². The fourth-order valence-electron chi connectivity index (χ4n) is 2.69. The summed E-state index contributed by atoms with van der Waals surface area (Å²) in [6.07, 6.45) is 2.07. The number of nitrogens with two attached hydrogens (primary N) is 1. The maximum absolute atomic E-state index is 12.5. The summed E-state index contributed by atoms with van der Waals surface area (Å²) >= 11 is 0. The van der Waals surface area contributed by atoms with Gasteiger partial charge in [0.2, 0.25) is 0 Å². The van der Waals surface area contributed by atoms with Gasteiger partial charge in [-0.05, 0) is 36.3 Å². The third-order valence-electron chi connectivity index (χ3n) is 4.27. The van der Waals surface area contributed by atoms with Crippen LogP contribution < -0.4 is 5.73 Å². The van der Waals surface area contributed by atoms with Crippen LogP contribution in [-0.2, 0) is 16.6 Å². The van der Waals surface area contributed by atoms with E-state index >= 15 is 0 Å². The molecule has 2 nitrogen and oxygen atoms in total. The molecular formula is C15H23NOS. The van der Waals surface area contributed by atoms with Gasteiger partial charge in [0.1, 0.15) is 0 Å². The number of aryl methyl sites for hydroxylation is 1. The molecule has 2 rings (SSSR count). The molecule has 1 aromatic rings. The van der Waals surface area contributed by atoms with E-state index in [4.69, 9.17) is 5.73 Å². The molecule has 1 aliphatic rings. The minimum atomic E-state index is -0.858. The molecule has 0 saturated heterocycles. The summed E-state index contributed by atoms with van der Waals surface area (Å²) in [6, 6.07) is 8.23. The van der Waals surface area contributed by atoms with Gasteiger partial charge in [0, 0.05) is 22.6 Å². The Morgan fingerprint density at radius 2 is 2.06 bits per heavy atom. The monoisotopic (exact) mass is 265 g/mol. The van der Waals surface area contributed by atoms with Crippen molar-refractivity contribution in [3.05, 3.63) is 35.4 Å². The molecular weight excluding hydrogens is 242 g/mol. The summed E-state index contributed by atoms with van der Waals surface area (Å²) in [5.74, 6) is 0.640. The fourth-order valence-corrected chi connectivity index (χ4v) is 4.61. The van der Waals surface area contributed by atoms with E-state index in [0.29, 0.717) is 5.75 Å². The van der Waals surface area contributed by atoms with E-state index in [-0.39, 0.29) is 16.7 Å². The van der Waals surface area contributed by atoms with Gasteiger partial charge in [0.15, 0.2) is 0 Å². The second kappa shape index (κ2) is 5.14. The molecule has 0 bridgehead atoms. The molecule has 0 spiro atoms. The zero-order chi connectivity index (χ0) is 13.3. The molecule has 1 fully saturated rings. The van der Waals surface area contributed by atoms with Crippen molar-refractivity contribution in [3.63, 3.8) is 0 Å². The van der Waals surface area contributed by atoms with Gasteiger partial charge < -0.3 is 5.73 Å². The van der Waals surface area contributed by atoms with Gasteiger partial charge in [-0.15, -0.1) is 0 Å². The van der Waals surface area contributed by atoms with Crippen LogP contribution in [0.2, 0.25) is 0 Å². The fraction of sp³-hybridized carbons (Fsp3) is 0.600. The number of hydrogen-bond donors (Lipinski definition) is 1. The molecule has 3 heteroatoms. The van der Waals surface area contributed by atoms with Gasteiger partial charge >= 0.3 is 0 Å². The van der Waals surface area contributed by atoms with Crippen molar-refractivity contribution in [1.29, 1.82) is 0 Å².